The molecule has 1 aliphatic rings. The lowest BCUT2D eigenvalue weighted by atomic mass is 10.3. The maximum absolute atomic E-state index is 12.4. The van der Waals surface area contributed by atoms with E-state index in [0.29, 0.717) is 36.0 Å². The number of aromatic amines is 1. The summed E-state index contributed by atoms with van der Waals surface area (Å²) in [5, 5.41) is 0. The van der Waals surface area contributed by atoms with Crippen molar-refractivity contribution in [2.75, 3.05) is 0 Å². The first-order valence-corrected chi connectivity index (χ1v) is 9.36. The zero-order chi connectivity index (χ0) is 18.8. The molecule has 1 N–H and O–H groups in total. The van der Waals surface area contributed by atoms with Crippen LogP contribution in [0.2, 0.25) is 0 Å². The van der Waals surface area contributed by atoms with Crippen molar-refractivity contribution in [3.05, 3.63) is 26.7 Å². The van der Waals surface area contributed by atoms with Crippen molar-refractivity contribution in [3.8, 4) is 0 Å². The summed E-state index contributed by atoms with van der Waals surface area (Å²) in [5.74, 6) is 0.638. The highest BCUT2D eigenvalue weighted by Crippen LogP contribution is 2.38. The normalized spacial score (nSPS) is 19.0. The van der Waals surface area contributed by atoms with Crippen molar-refractivity contribution in [2.45, 2.75) is 66.2 Å². The van der Waals surface area contributed by atoms with Gasteiger partial charge in [-0.2, -0.15) is 0 Å². The second-order valence-electron chi connectivity index (χ2n) is 7.04. The fourth-order valence-electron chi connectivity index (χ4n) is 3.21. The van der Waals surface area contributed by atoms with E-state index in [1.54, 1.807) is 4.57 Å². The smallest absolute Gasteiger partial charge is 0.330 e. The number of nitrogens with one attached hydrogen (secondary N) is 1. The van der Waals surface area contributed by atoms with Gasteiger partial charge in [-0.1, -0.05) is 27.2 Å². The minimum Gasteiger partial charge on any atom is -0.457 e. The summed E-state index contributed by atoms with van der Waals surface area (Å²) in [6.07, 6.45) is 3.39. The minimum atomic E-state index is -0.452. The number of hydrogen-bond donors (Lipinski definition) is 1. The molecule has 2 unspecified atom stereocenters. The first kappa shape index (κ1) is 18.4. The van der Waals surface area contributed by atoms with Gasteiger partial charge in [0.1, 0.15) is 12.4 Å². The lowest BCUT2D eigenvalue weighted by Crippen LogP contribution is -2.31. The third-order valence-electron chi connectivity index (χ3n) is 4.90. The molecule has 0 aliphatic heterocycles. The average Bonchev–Trinajstić information content (AvgIpc) is 3.22. The molecule has 0 spiro atoms. The topological polar surface area (TPSA) is 99.0 Å². The van der Waals surface area contributed by atoms with Gasteiger partial charge in [0.05, 0.1) is 5.92 Å². The van der Waals surface area contributed by atoms with Gasteiger partial charge in [-0.25, -0.2) is 9.78 Å². The highest BCUT2D eigenvalue weighted by atomic mass is 16.5. The molecule has 3 rings (SSSR count). The quantitative estimate of drug-likeness (QED) is 0.722. The third kappa shape index (κ3) is 3.45. The van der Waals surface area contributed by atoms with E-state index in [4.69, 9.17) is 4.74 Å². The molecule has 0 amide bonds. The molecular weight excluding hydrogens is 336 g/mol. The van der Waals surface area contributed by atoms with Crippen LogP contribution in [0.3, 0.4) is 0 Å². The molecule has 2 aromatic heterocycles. The number of carbonyl (C=O) groups excluding carboxylic acids is 1. The van der Waals surface area contributed by atoms with E-state index in [1.165, 1.54) is 4.57 Å². The number of ether oxygens (including phenoxy) is 1. The number of hydrogen-bond acceptors (Lipinski definition) is 5. The van der Waals surface area contributed by atoms with E-state index >= 15 is 0 Å². The van der Waals surface area contributed by atoms with Gasteiger partial charge in [0.2, 0.25) is 0 Å². The molecule has 0 bridgehead atoms. The number of carbonyl (C=O) groups is 1. The number of aryl methyl sites for hydroxylation is 2. The van der Waals surface area contributed by atoms with Crippen LogP contribution < -0.4 is 11.2 Å². The second kappa shape index (κ2) is 7.47. The van der Waals surface area contributed by atoms with Crippen LogP contribution in [0.1, 0.15) is 52.3 Å². The number of H-pyrrole nitrogens is 1. The Morgan fingerprint density at radius 3 is 2.58 bits per heavy atom. The third-order valence-corrected chi connectivity index (χ3v) is 4.90. The number of aromatic nitrogens is 4. The summed E-state index contributed by atoms with van der Waals surface area (Å²) in [4.78, 5) is 43.5. The number of nitrogens with zero attached hydrogens (tertiary/aromatic N) is 3. The van der Waals surface area contributed by atoms with Crippen molar-refractivity contribution in [2.24, 2.45) is 11.8 Å². The Labute approximate surface area is 151 Å². The van der Waals surface area contributed by atoms with Crippen LogP contribution in [-0.2, 0) is 29.2 Å². The predicted molar refractivity (Wildman–Crippen MR) is 96.9 cm³/mol. The summed E-state index contributed by atoms with van der Waals surface area (Å²) in [6.45, 7) is 7.12. The van der Waals surface area contributed by atoms with Crippen LogP contribution in [0.15, 0.2) is 9.59 Å². The molecule has 8 heteroatoms. The van der Waals surface area contributed by atoms with Gasteiger partial charge in [-0.3, -0.25) is 19.1 Å². The number of esters is 1. The fourth-order valence-corrected chi connectivity index (χ4v) is 3.21. The van der Waals surface area contributed by atoms with Crippen LogP contribution >= 0.6 is 0 Å². The van der Waals surface area contributed by atoms with E-state index in [2.05, 4.69) is 9.97 Å². The molecule has 2 heterocycles. The maximum atomic E-state index is 12.4. The van der Waals surface area contributed by atoms with Gasteiger partial charge in [-0.05, 0) is 25.2 Å². The lowest BCUT2D eigenvalue weighted by molar-refractivity contribution is -0.147. The predicted octanol–water partition coefficient (Wildman–Crippen LogP) is 1.80. The van der Waals surface area contributed by atoms with Gasteiger partial charge >= 0.3 is 11.7 Å². The van der Waals surface area contributed by atoms with E-state index in [9.17, 15) is 14.4 Å². The van der Waals surface area contributed by atoms with Crippen LogP contribution in [0.25, 0.3) is 11.2 Å². The molecule has 1 saturated carbocycles. The van der Waals surface area contributed by atoms with Gasteiger partial charge in [0.25, 0.3) is 5.56 Å². The maximum Gasteiger partial charge on any atom is 0.330 e. The van der Waals surface area contributed by atoms with Gasteiger partial charge in [0.15, 0.2) is 11.2 Å². The number of fused-ring (bicyclic) bond motifs is 1. The molecular formula is C18H26N4O4. The van der Waals surface area contributed by atoms with Crippen LogP contribution in [0.4, 0.5) is 0 Å². The first-order valence-electron chi connectivity index (χ1n) is 9.36. The molecule has 1 fully saturated rings. The van der Waals surface area contributed by atoms with Crippen molar-refractivity contribution < 1.29 is 9.53 Å². The highest BCUT2D eigenvalue weighted by molar-refractivity contribution is 5.75. The second-order valence-corrected chi connectivity index (χ2v) is 7.04. The summed E-state index contributed by atoms with van der Waals surface area (Å²) >= 11 is 0. The van der Waals surface area contributed by atoms with Crippen molar-refractivity contribution >= 4 is 17.1 Å². The summed E-state index contributed by atoms with van der Waals surface area (Å²) in [5.41, 5.74) is -0.167. The highest BCUT2D eigenvalue weighted by Gasteiger charge is 2.40. The monoisotopic (exact) mass is 362 g/mol. The molecule has 0 radical (unpaired) electrons. The number of rotatable bonds is 8. The van der Waals surface area contributed by atoms with E-state index in [1.807, 2.05) is 20.8 Å². The Kier molecular flexibility index (Phi) is 5.29. The van der Waals surface area contributed by atoms with Gasteiger partial charge in [0, 0.05) is 13.1 Å². The Hall–Kier alpha value is -2.38. The van der Waals surface area contributed by atoms with Crippen LogP contribution in [0, 0.1) is 11.8 Å². The van der Waals surface area contributed by atoms with Crippen molar-refractivity contribution in [1.29, 1.82) is 0 Å². The summed E-state index contributed by atoms with van der Waals surface area (Å²) in [6, 6.07) is 0. The molecule has 8 nitrogen and oxygen atoms in total. The van der Waals surface area contributed by atoms with Crippen molar-refractivity contribution in [1.82, 2.24) is 19.1 Å². The SMILES string of the molecule is CCCCn1c(=O)[nH]c(=O)c2c1nc(COC(=O)C1CC1C)n2CCC. The Balaban J connectivity index is 2.00. The molecule has 0 saturated heterocycles. The standard InChI is InChI=1S/C18H26N4O4/c1-4-6-8-22-15-14(16(23)20-18(22)25)21(7-5-2)13(19-15)10-26-17(24)12-9-11(12)3/h11-12H,4-10H2,1-3H3,(H,20,23,25). The average molecular weight is 362 g/mol. The molecule has 2 aromatic rings. The van der Waals surface area contributed by atoms with E-state index in [0.717, 1.165) is 25.7 Å². The summed E-state index contributed by atoms with van der Waals surface area (Å²) in [7, 11) is 0. The summed E-state index contributed by atoms with van der Waals surface area (Å²) < 4.78 is 8.67. The van der Waals surface area contributed by atoms with E-state index in [-0.39, 0.29) is 18.5 Å². The fraction of sp³-hybridized carbons (Fsp3) is 0.667. The Bertz CT molecular complexity index is 924. The van der Waals surface area contributed by atoms with Gasteiger partial charge in [-0.15, -0.1) is 0 Å². The van der Waals surface area contributed by atoms with E-state index < -0.39 is 11.2 Å². The lowest BCUT2D eigenvalue weighted by Gasteiger charge is -2.08. The molecule has 2 atom stereocenters. The van der Waals surface area contributed by atoms with Crippen LogP contribution in [-0.4, -0.2) is 25.1 Å². The van der Waals surface area contributed by atoms with Gasteiger partial charge < -0.3 is 9.30 Å². The van der Waals surface area contributed by atoms with Crippen LogP contribution in [0.5, 0.6) is 0 Å². The zero-order valence-electron chi connectivity index (χ0n) is 15.6. The molecule has 0 aromatic carbocycles. The molecule has 26 heavy (non-hydrogen) atoms. The molecule has 142 valence electrons. The largest absolute Gasteiger partial charge is 0.457 e. The Morgan fingerprint density at radius 2 is 1.96 bits per heavy atom. The minimum absolute atomic E-state index is 0.0120. The molecule has 1 aliphatic carbocycles. The number of imidazole rings is 1. The first-order chi connectivity index (χ1) is 12.5. The Morgan fingerprint density at radius 1 is 1.23 bits per heavy atom. The number of unbranched alkanes of at least 4 members (excludes halogenated alkanes) is 1. The van der Waals surface area contributed by atoms with Crippen molar-refractivity contribution in [3.63, 3.8) is 0 Å². The zero-order valence-corrected chi connectivity index (χ0v) is 15.6.